The standard InChI is InChI=1S/C13H14ClN3O4S/c1-9-6-11(17(18)19)13(14)12(7-9)22(20,21)16-4-2-10(8-15)3-5-16/h6-7,10H,2-5H2,1H3. The molecule has 0 aromatic heterocycles. The van der Waals surface area contributed by atoms with E-state index in [2.05, 4.69) is 6.07 Å². The molecule has 118 valence electrons. The SMILES string of the molecule is Cc1cc([N+](=O)[O-])c(Cl)c(S(=O)(=O)N2CCC(C#N)CC2)c1. The minimum absolute atomic E-state index is 0.159. The normalized spacial score (nSPS) is 17.1. The highest BCUT2D eigenvalue weighted by atomic mass is 35.5. The highest BCUT2D eigenvalue weighted by Gasteiger charge is 2.33. The van der Waals surface area contributed by atoms with Crippen molar-refractivity contribution < 1.29 is 13.3 Å². The van der Waals surface area contributed by atoms with Gasteiger partial charge in [-0.2, -0.15) is 9.57 Å². The molecule has 0 radical (unpaired) electrons. The lowest BCUT2D eigenvalue weighted by molar-refractivity contribution is -0.385. The summed E-state index contributed by atoms with van der Waals surface area (Å²) < 4.78 is 26.6. The Morgan fingerprint density at radius 3 is 2.50 bits per heavy atom. The Morgan fingerprint density at radius 2 is 2.00 bits per heavy atom. The first-order valence-corrected chi connectivity index (χ1v) is 8.43. The van der Waals surface area contributed by atoms with Crippen LogP contribution in [0.15, 0.2) is 17.0 Å². The summed E-state index contributed by atoms with van der Waals surface area (Å²) in [4.78, 5) is 10.0. The van der Waals surface area contributed by atoms with Gasteiger partial charge >= 0.3 is 0 Å². The minimum Gasteiger partial charge on any atom is -0.258 e. The second-order valence-electron chi connectivity index (χ2n) is 5.16. The van der Waals surface area contributed by atoms with Crippen LogP contribution in [-0.4, -0.2) is 30.7 Å². The Labute approximate surface area is 133 Å². The van der Waals surface area contributed by atoms with Crippen molar-refractivity contribution >= 4 is 27.3 Å². The molecule has 0 bridgehead atoms. The zero-order valence-electron chi connectivity index (χ0n) is 11.8. The molecule has 0 aliphatic carbocycles. The molecule has 0 spiro atoms. The Balaban J connectivity index is 2.43. The van der Waals surface area contributed by atoms with Crippen LogP contribution in [0.4, 0.5) is 5.69 Å². The predicted octanol–water partition coefficient (Wildman–Crippen LogP) is 2.48. The van der Waals surface area contributed by atoms with Gasteiger partial charge in [0.05, 0.1) is 11.0 Å². The quantitative estimate of drug-likeness (QED) is 0.619. The Morgan fingerprint density at radius 1 is 1.41 bits per heavy atom. The molecule has 1 aromatic rings. The number of hydrogen-bond acceptors (Lipinski definition) is 5. The van der Waals surface area contributed by atoms with E-state index in [1.54, 1.807) is 6.92 Å². The maximum Gasteiger partial charge on any atom is 0.289 e. The molecule has 1 aliphatic rings. The molecule has 0 N–H and O–H groups in total. The van der Waals surface area contributed by atoms with Crippen LogP contribution in [0.1, 0.15) is 18.4 Å². The number of nitrogens with zero attached hydrogens (tertiary/aromatic N) is 3. The number of piperidine rings is 1. The molecular formula is C13H14ClN3O4S. The third kappa shape index (κ3) is 3.06. The highest BCUT2D eigenvalue weighted by Crippen LogP contribution is 2.35. The molecule has 0 unspecified atom stereocenters. The Hall–Kier alpha value is -1.69. The van der Waals surface area contributed by atoms with Crippen LogP contribution in [0.25, 0.3) is 0 Å². The molecule has 1 aromatic carbocycles. The Kier molecular flexibility index (Phi) is 4.70. The van der Waals surface area contributed by atoms with Crippen molar-refractivity contribution in [3.05, 3.63) is 32.8 Å². The van der Waals surface area contributed by atoms with Crippen molar-refractivity contribution in [1.29, 1.82) is 5.26 Å². The monoisotopic (exact) mass is 343 g/mol. The van der Waals surface area contributed by atoms with Gasteiger partial charge in [0.25, 0.3) is 5.69 Å². The van der Waals surface area contributed by atoms with Gasteiger partial charge in [0.15, 0.2) is 0 Å². The third-order valence-electron chi connectivity index (χ3n) is 3.62. The summed E-state index contributed by atoms with van der Waals surface area (Å²) in [5.74, 6) is -0.159. The van der Waals surface area contributed by atoms with Crippen molar-refractivity contribution in [2.75, 3.05) is 13.1 Å². The van der Waals surface area contributed by atoms with Crippen LogP contribution in [0.3, 0.4) is 0 Å². The molecule has 22 heavy (non-hydrogen) atoms. The van der Waals surface area contributed by atoms with Crippen LogP contribution in [0.5, 0.6) is 0 Å². The van der Waals surface area contributed by atoms with Gasteiger partial charge in [-0.15, -0.1) is 0 Å². The molecule has 0 amide bonds. The van der Waals surface area contributed by atoms with Gasteiger partial charge in [0, 0.05) is 25.1 Å². The fourth-order valence-electron chi connectivity index (χ4n) is 2.40. The lowest BCUT2D eigenvalue weighted by atomic mass is 10.0. The number of hydrogen-bond donors (Lipinski definition) is 0. The maximum absolute atomic E-state index is 12.7. The molecule has 1 saturated heterocycles. The number of nitro groups is 1. The van der Waals surface area contributed by atoms with Gasteiger partial charge < -0.3 is 0 Å². The van der Waals surface area contributed by atoms with E-state index in [9.17, 15) is 18.5 Å². The first-order chi connectivity index (χ1) is 10.3. The highest BCUT2D eigenvalue weighted by molar-refractivity contribution is 7.89. The van der Waals surface area contributed by atoms with Gasteiger partial charge in [0.1, 0.15) is 9.92 Å². The molecule has 1 heterocycles. The van der Waals surface area contributed by atoms with E-state index in [1.165, 1.54) is 16.4 Å². The summed E-state index contributed by atoms with van der Waals surface area (Å²) in [6, 6.07) is 4.70. The van der Waals surface area contributed by atoms with E-state index in [-0.39, 0.29) is 28.9 Å². The summed E-state index contributed by atoms with van der Waals surface area (Å²) in [5, 5.41) is 19.5. The molecule has 7 nitrogen and oxygen atoms in total. The van der Waals surface area contributed by atoms with Crippen LogP contribution in [0, 0.1) is 34.3 Å². The smallest absolute Gasteiger partial charge is 0.258 e. The van der Waals surface area contributed by atoms with Crippen molar-refractivity contribution in [1.82, 2.24) is 4.31 Å². The summed E-state index contributed by atoms with van der Waals surface area (Å²) in [6.07, 6.45) is 0.891. The number of aryl methyl sites for hydroxylation is 1. The van der Waals surface area contributed by atoms with Crippen molar-refractivity contribution in [2.24, 2.45) is 5.92 Å². The third-order valence-corrected chi connectivity index (χ3v) is 6.05. The largest absolute Gasteiger partial charge is 0.289 e. The summed E-state index contributed by atoms with van der Waals surface area (Å²) >= 11 is 5.94. The number of rotatable bonds is 3. The second kappa shape index (κ2) is 6.20. The topological polar surface area (TPSA) is 104 Å². The van der Waals surface area contributed by atoms with E-state index < -0.39 is 20.6 Å². The van der Waals surface area contributed by atoms with E-state index in [0.29, 0.717) is 18.4 Å². The van der Waals surface area contributed by atoms with Gasteiger partial charge in [0.2, 0.25) is 10.0 Å². The lowest BCUT2D eigenvalue weighted by Gasteiger charge is -2.28. The van der Waals surface area contributed by atoms with E-state index in [1.807, 2.05) is 0 Å². The second-order valence-corrected chi connectivity index (χ2v) is 7.45. The maximum atomic E-state index is 12.7. The van der Waals surface area contributed by atoms with Crippen LogP contribution in [0.2, 0.25) is 5.02 Å². The van der Waals surface area contributed by atoms with E-state index in [0.717, 1.165) is 0 Å². The molecule has 1 aliphatic heterocycles. The molecular weight excluding hydrogens is 330 g/mol. The van der Waals surface area contributed by atoms with Gasteiger partial charge in [-0.3, -0.25) is 10.1 Å². The average Bonchev–Trinajstić information content (AvgIpc) is 2.48. The Bertz CT molecular complexity index is 749. The van der Waals surface area contributed by atoms with Crippen molar-refractivity contribution in [3.8, 4) is 6.07 Å². The molecule has 9 heteroatoms. The number of benzene rings is 1. The van der Waals surface area contributed by atoms with Gasteiger partial charge in [-0.25, -0.2) is 8.42 Å². The summed E-state index contributed by atoms with van der Waals surface area (Å²) in [7, 11) is -3.92. The first-order valence-electron chi connectivity index (χ1n) is 6.61. The van der Waals surface area contributed by atoms with Crippen molar-refractivity contribution in [3.63, 3.8) is 0 Å². The van der Waals surface area contributed by atoms with Gasteiger partial charge in [-0.1, -0.05) is 11.6 Å². The van der Waals surface area contributed by atoms with E-state index >= 15 is 0 Å². The lowest BCUT2D eigenvalue weighted by Crippen LogP contribution is -2.38. The number of nitro benzene ring substituents is 1. The fourth-order valence-corrected chi connectivity index (χ4v) is 4.51. The van der Waals surface area contributed by atoms with Crippen LogP contribution >= 0.6 is 11.6 Å². The molecule has 2 rings (SSSR count). The van der Waals surface area contributed by atoms with Crippen LogP contribution in [-0.2, 0) is 10.0 Å². The van der Waals surface area contributed by atoms with Gasteiger partial charge in [-0.05, 0) is 31.4 Å². The minimum atomic E-state index is -3.92. The van der Waals surface area contributed by atoms with Crippen LogP contribution < -0.4 is 0 Å². The molecule has 1 fully saturated rings. The summed E-state index contributed by atoms with van der Waals surface area (Å²) in [6.45, 7) is 1.99. The van der Waals surface area contributed by atoms with Crippen molar-refractivity contribution in [2.45, 2.75) is 24.7 Å². The summed E-state index contributed by atoms with van der Waals surface area (Å²) in [5.41, 5.74) is 0.0220. The predicted molar refractivity (Wildman–Crippen MR) is 79.9 cm³/mol. The molecule has 0 saturated carbocycles. The fraction of sp³-hybridized carbons (Fsp3) is 0.462. The number of nitriles is 1. The first kappa shape index (κ1) is 16.7. The molecule has 0 atom stereocenters. The average molecular weight is 344 g/mol. The number of halogens is 1. The van der Waals surface area contributed by atoms with E-state index in [4.69, 9.17) is 16.9 Å². The zero-order valence-corrected chi connectivity index (χ0v) is 13.4. The number of sulfonamides is 1. The zero-order chi connectivity index (χ0) is 16.5.